The van der Waals surface area contributed by atoms with Gasteiger partial charge in [-0.05, 0) is 0 Å². The first-order valence-corrected chi connectivity index (χ1v) is 8.37. The van der Waals surface area contributed by atoms with Crippen molar-refractivity contribution in [2.24, 2.45) is 10.7 Å². The first-order chi connectivity index (χ1) is 14.0. The van der Waals surface area contributed by atoms with E-state index in [-0.39, 0.29) is 41.9 Å². The first kappa shape index (κ1) is 21.8. The van der Waals surface area contributed by atoms with Crippen LogP contribution in [0.1, 0.15) is 5.56 Å². The van der Waals surface area contributed by atoms with E-state index in [9.17, 15) is 8.78 Å². The van der Waals surface area contributed by atoms with Crippen LogP contribution in [0.5, 0.6) is 17.2 Å². The van der Waals surface area contributed by atoms with Gasteiger partial charge in [-0.25, -0.2) is 18.7 Å². The van der Waals surface area contributed by atoms with Gasteiger partial charge in [0.25, 0.3) is 0 Å². The summed E-state index contributed by atoms with van der Waals surface area (Å²) >= 11 is 0. The Morgan fingerprint density at radius 2 is 1.83 bits per heavy atom. The second-order valence-electron chi connectivity index (χ2n) is 5.42. The van der Waals surface area contributed by atoms with Crippen molar-refractivity contribution < 1.29 is 28.1 Å². The molecule has 0 aliphatic rings. The maximum absolute atomic E-state index is 14.3. The Labute approximate surface area is 165 Å². The zero-order valence-corrected chi connectivity index (χ0v) is 15.9. The Kier molecular flexibility index (Phi) is 8.10. The normalized spacial score (nSPS) is 11.6. The number of hydrogen-bond donors (Lipinski definition) is 3. The summed E-state index contributed by atoms with van der Waals surface area (Å²) in [6, 6.07) is 1.12. The summed E-state index contributed by atoms with van der Waals surface area (Å²) in [5.41, 5.74) is 5.54. The van der Waals surface area contributed by atoms with E-state index in [1.807, 2.05) is 0 Å². The number of halogens is 2. The Bertz CT molecular complexity index is 847. The van der Waals surface area contributed by atoms with Crippen molar-refractivity contribution in [3.63, 3.8) is 0 Å². The summed E-state index contributed by atoms with van der Waals surface area (Å²) in [5, 5.41) is 11.5. The molecule has 1 aromatic heterocycles. The number of aliphatic hydroxyl groups excluding tert-OH is 1. The number of nitrogens with zero attached hydrogens (tertiary/aromatic N) is 3. The zero-order valence-electron chi connectivity index (χ0n) is 15.9. The van der Waals surface area contributed by atoms with Crippen LogP contribution in [-0.2, 0) is 6.61 Å². The SMILES string of the molecule is COc1cc(OC)c(F)c(COc2cnc(N/C(C=NCCO)=C/N)nc2)c1F. The molecule has 156 valence electrons. The molecule has 0 amide bonds. The molecule has 1 aromatic carbocycles. The highest BCUT2D eigenvalue weighted by molar-refractivity contribution is 5.81. The van der Waals surface area contributed by atoms with E-state index < -0.39 is 18.2 Å². The van der Waals surface area contributed by atoms with Crippen LogP contribution in [0.2, 0.25) is 0 Å². The molecule has 2 aromatic rings. The predicted octanol–water partition coefficient (Wildman–Crippen LogP) is 1.63. The van der Waals surface area contributed by atoms with E-state index in [4.69, 9.17) is 25.1 Å². The molecule has 0 radical (unpaired) electrons. The second-order valence-corrected chi connectivity index (χ2v) is 5.42. The van der Waals surface area contributed by atoms with E-state index in [2.05, 4.69) is 20.3 Å². The van der Waals surface area contributed by atoms with Gasteiger partial charge in [-0.2, -0.15) is 0 Å². The third-order valence-electron chi connectivity index (χ3n) is 3.57. The lowest BCUT2D eigenvalue weighted by Gasteiger charge is -2.13. The molecule has 0 fully saturated rings. The summed E-state index contributed by atoms with van der Waals surface area (Å²) in [4.78, 5) is 12.0. The number of aliphatic imine (C=N–C) groups is 1. The smallest absolute Gasteiger partial charge is 0.227 e. The van der Waals surface area contributed by atoms with Crippen molar-refractivity contribution in [3.05, 3.63) is 47.6 Å². The van der Waals surface area contributed by atoms with Crippen LogP contribution in [0.3, 0.4) is 0 Å². The molecular formula is C18H21F2N5O4. The van der Waals surface area contributed by atoms with Crippen LogP contribution in [0.4, 0.5) is 14.7 Å². The summed E-state index contributed by atoms with van der Waals surface area (Å²) in [6.07, 6.45) is 5.32. The third kappa shape index (κ3) is 5.75. The van der Waals surface area contributed by atoms with E-state index in [1.165, 1.54) is 39.0 Å². The van der Waals surface area contributed by atoms with Crippen molar-refractivity contribution in [3.8, 4) is 17.2 Å². The average Bonchev–Trinajstić information content (AvgIpc) is 2.74. The zero-order chi connectivity index (χ0) is 21.2. The van der Waals surface area contributed by atoms with Crippen molar-refractivity contribution in [2.75, 3.05) is 32.7 Å². The van der Waals surface area contributed by atoms with Crippen molar-refractivity contribution in [2.45, 2.75) is 6.61 Å². The quantitative estimate of drug-likeness (QED) is 0.506. The number of rotatable bonds is 10. The van der Waals surface area contributed by atoms with Gasteiger partial charge in [0.05, 0.1) is 51.0 Å². The number of aliphatic hydroxyl groups is 1. The molecule has 11 heteroatoms. The Morgan fingerprint density at radius 1 is 1.21 bits per heavy atom. The van der Waals surface area contributed by atoms with Gasteiger partial charge < -0.3 is 30.4 Å². The van der Waals surface area contributed by atoms with Gasteiger partial charge >= 0.3 is 0 Å². The molecule has 0 aliphatic carbocycles. The van der Waals surface area contributed by atoms with Gasteiger partial charge in [0, 0.05) is 18.5 Å². The molecule has 1 heterocycles. The van der Waals surface area contributed by atoms with Crippen LogP contribution in [0.25, 0.3) is 0 Å². The molecule has 0 atom stereocenters. The third-order valence-corrected chi connectivity index (χ3v) is 3.57. The van der Waals surface area contributed by atoms with Crippen LogP contribution in [0, 0.1) is 11.6 Å². The highest BCUT2D eigenvalue weighted by Gasteiger charge is 2.20. The molecule has 9 nitrogen and oxygen atoms in total. The number of methoxy groups -OCH3 is 2. The number of benzene rings is 1. The molecule has 0 aliphatic heterocycles. The Balaban J connectivity index is 2.08. The number of aromatic nitrogens is 2. The first-order valence-electron chi connectivity index (χ1n) is 8.37. The number of anilines is 1. The molecule has 0 spiro atoms. The van der Waals surface area contributed by atoms with Gasteiger partial charge in [-0.1, -0.05) is 0 Å². The van der Waals surface area contributed by atoms with Gasteiger partial charge in [0.1, 0.15) is 6.61 Å². The molecule has 2 rings (SSSR count). The molecule has 0 saturated heterocycles. The Morgan fingerprint density at radius 3 is 2.34 bits per heavy atom. The monoisotopic (exact) mass is 409 g/mol. The lowest BCUT2D eigenvalue weighted by molar-refractivity contribution is 0.280. The fraction of sp³-hybridized carbons (Fsp3) is 0.278. The lowest BCUT2D eigenvalue weighted by Crippen LogP contribution is -2.08. The van der Waals surface area contributed by atoms with Crippen LogP contribution < -0.4 is 25.3 Å². The fourth-order valence-electron chi connectivity index (χ4n) is 2.14. The molecule has 0 bridgehead atoms. The highest BCUT2D eigenvalue weighted by atomic mass is 19.1. The second kappa shape index (κ2) is 10.8. The predicted molar refractivity (Wildman–Crippen MR) is 102 cm³/mol. The lowest BCUT2D eigenvalue weighted by atomic mass is 10.1. The minimum Gasteiger partial charge on any atom is -0.494 e. The number of nitrogens with two attached hydrogens (primary N) is 1. The van der Waals surface area contributed by atoms with Gasteiger partial charge in [0.15, 0.2) is 28.9 Å². The largest absolute Gasteiger partial charge is 0.494 e. The van der Waals surface area contributed by atoms with E-state index in [0.29, 0.717) is 5.70 Å². The van der Waals surface area contributed by atoms with Crippen LogP contribution in [0.15, 0.2) is 35.3 Å². The fourth-order valence-corrected chi connectivity index (χ4v) is 2.14. The Hall–Kier alpha value is -3.47. The van der Waals surface area contributed by atoms with Crippen LogP contribution >= 0.6 is 0 Å². The number of hydrogen-bond acceptors (Lipinski definition) is 9. The van der Waals surface area contributed by atoms with E-state index in [1.54, 1.807) is 0 Å². The number of allylic oxidation sites excluding steroid dienone is 1. The van der Waals surface area contributed by atoms with E-state index >= 15 is 0 Å². The average molecular weight is 409 g/mol. The topological polar surface area (TPSA) is 124 Å². The van der Waals surface area contributed by atoms with Gasteiger partial charge in [-0.15, -0.1) is 0 Å². The van der Waals surface area contributed by atoms with Gasteiger partial charge in [-0.3, -0.25) is 4.99 Å². The molecule has 4 N–H and O–H groups in total. The summed E-state index contributed by atoms with van der Waals surface area (Å²) < 4.78 is 43.8. The van der Waals surface area contributed by atoms with Gasteiger partial charge in [0.2, 0.25) is 5.95 Å². The van der Waals surface area contributed by atoms with Crippen molar-refractivity contribution in [1.82, 2.24) is 9.97 Å². The molecule has 0 saturated carbocycles. The maximum atomic E-state index is 14.3. The number of ether oxygens (including phenoxy) is 3. The standard InChI is InChI=1S/C18H21F2N5O4/c1-27-14-5-15(28-2)17(20)13(16(14)19)10-29-12-8-23-18(24-9-12)25-11(6-21)7-22-3-4-26/h5-9,26H,3-4,10,21H2,1-2H3,(H,23,24,25)/b11-6+,22-7?. The van der Waals surface area contributed by atoms with E-state index in [0.717, 1.165) is 6.07 Å². The van der Waals surface area contributed by atoms with Crippen molar-refractivity contribution >= 4 is 12.2 Å². The number of nitrogens with one attached hydrogen (secondary N) is 1. The summed E-state index contributed by atoms with van der Waals surface area (Å²) in [7, 11) is 2.52. The minimum atomic E-state index is -0.884. The van der Waals surface area contributed by atoms with Crippen LogP contribution in [-0.4, -0.2) is 48.7 Å². The van der Waals surface area contributed by atoms with Crippen molar-refractivity contribution in [1.29, 1.82) is 0 Å². The summed E-state index contributed by atoms with van der Waals surface area (Å²) in [6.45, 7) is -0.283. The summed E-state index contributed by atoms with van der Waals surface area (Å²) in [5.74, 6) is -1.72. The highest BCUT2D eigenvalue weighted by Crippen LogP contribution is 2.31. The maximum Gasteiger partial charge on any atom is 0.227 e. The molecule has 29 heavy (non-hydrogen) atoms. The minimum absolute atomic E-state index is 0.0861. The molecular weight excluding hydrogens is 388 g/mol. The molecule has 0 unspecified atom stereocenters.